The van der Waals surface area contributed by atoms with Gasteiger partial charge in [0.05, 0.1) is 10.8 Å². The van der Waals surface area contributed by atoms with Crippen LogP contribution in [0, 0.1) is 5.82 Å². The van der Waals surface area contributed by atoms with Crippen molar-refractivity contribution in [1.82, 2.24) is 0 Å². The van der Waals surface area contributed by atoms with E-state index in [1.807, 2.05) is 0 Å². The normalized spacial score (nSPS) is 16.1. The highest BCUT2D eigenvalue weighted by Crippen LogP contribution is 2.46. The van der Waals surface area contributed by atoms with Crippen molar-refractivity contribution in [2.75, 3.05) is 0 Å². The van der Waals surface area contributed by atoms with Crippen LogP contribution >= 0.6 is 0 Å². The Morgan fingerprint density at radius 1 is 0.931 bits per heavy atom. The van der Waals surface area contributed by atoms with E-state index >= 15 is 0 Å². The summed E-state index contributed by atoms with van der Waals surface area (Å²) in [6.07, 6.45) is 0.752. The number of ether oxygens (including phenoxy) is 1. The number of para-hydroxylation sites is 1. The van der Waals surface area contributed by atoms with Crippen molar-refractivity contribution in [2.24, 2.45) is 5.14 Å². The van der Waals surface area contributed by atoms with Crippen LogP contribution in [0.2, 0.25) is 0 Å². The van der Waals surface area contributed by atoms with E-state index in [1.54, 1.807) is 42.5 Å². The number of rotatable bonds is 4. The van der Waals surface area contributed by atoms with Crippen LogP contribution in [0.15, 0.2) is 77.7 Å². The summed E-state index contributed by atoms with van der Waals surface area (Å²) in [4.78, 5) is 12.0. The molecule has 7 heteroatoms. The second-order valence-electron chi connectivity index (χ2n) is 6.55. The molecule has 146 valence electrons. The predicted octanol–water partition coefficient (Wildman–Crippen LogP) is 3.72. The third-order valence-corrected chi connectivity index (χ3v) is 5.70. The molecule has 0 bridgehead atoms. The number of benzene rings is 3. The zero-order valence-electron chi connectivity index (χ0n) is 15.1. The lowest BCUT2D eigenvalue weighted by Gasteiger charge is -2.28. The van der Waals surface area contributed by atoms with Crippen LogP contribution in [0.3, 0.4) is 0 Å². The lowest BCUT2D eigenvalue weighted by atomic mass is 9.83. The summed E-state index contributed by atoms with van der Waals surface area (Å²) < 4.78 is 43.8. The molecular weight excluding hydrogens is 393 g/mol. The molecule has 0 saturated heterocycles. The Kier molecular flexibility index (Phi) is 4.77. The second-order valence-corrected chi connectivity index (χ2v) is 8.11. The zero-order chi connectivity index (χ0) is 20.6. The average Bonchev–Trinajstić information content (AvgIpc) is 2.72. The van der Waals surface area contributed by atoms with E-state index in [1.165, 1.54) is 30.3 Å². The van der Waals surface area contributed by atoms with Crippen LogP contribution in [-0.4, -0.2) is 14.7 Å². The SMILES string of the molecule is NS(=O)(=O)c1ccc(C2=C(c3ccccc3F)C(C=O)c3ccccc3O2)cc1. The molecule has 0 amide bonds. The van der Waals surface area contributed by atoms with Crippen LogP contribution < -0.4 is 9.88 Å². The van der Waals surface area contributed by atoms with Crippen LogP contribution in [0.25, 0.3) is 11.3 Å². The molecule has 0 saturated carbocycles. The molecule has 1 aliphatic heterocycles. The minimum absolute atomic E-state index is 0.0579. The first-order valence-corrected chi connectivity index (χ1v) is 10.3. The monoisotopic (exact) mass is 409 g/mol. The minimum Gasteiger partial charge on any atom is -0.456 e. The fourth-order valence-electron chi connectivity index (χ4n) is 3.41. The van der Waals surface area contributed by atoms with Crippen LogP contribution in [0.5, 0.6) is 5.75 Å². The molecule has 3 aromatic carbocycles. The number of aldehydes is 1. The maximum atomic E-state index is 14.7. The lowest BCUT2D eigenvalue weighted by Crippen LogP contribution is -2.17. The lowest BCUT2D eigenvalue weighted by molar-refractivity contribution is -0.108. The van der Waals surface area contributed by atoms with Crippen molar-refractivity contribution < 1.29 is 22.3 Å². The third kappa shape index (κ3) is 3.46. The number of hydrogen-bond acceptors (Lipinski definition) is 4. The van der Waals surface area contributed by atoms with Gasteiger partial charge in [0.2, 0.25) is 10.0 Å². The average molecular weight is 409 g/mol. The van der Waals surface area contributed by atoms with E-state index in [0.29, 0.717) is 22.4 Å². The topological polar surface area (TPSA) is 86.5 Å². The Balaban J connectivity index is 1.98. The van der Waals surface area contributed by atoms with Gasteiger partial charge in [0.15, 0.2) is 0 Å². The predicted molar refractivity (Wildman–Crippen MR) is 107 cm³/mol. The molecule has 1 aliphatic rings. The Morgan fingerprint density at radius 2 is 1.59 bits per heavy atom. The smallest absolute Gasteiger partial charge is 0.238 e. The van der Waals surface area contributed by atoms with E-state index in [2.05, 4.69) is 0 Å². The second kappa shape index (κ2) is 7.27. The van der Waals surface area contributed by atoms with E-state index in [0.717, 1.165) is 6.29 Å². The molecule has 29 heavy (non-hydrogen) atoms. The maximum absolute atomic E-state index is 14.7. The number of primary sulfonamides is 1. The molecule has 0 aromatic heterocycles. The summed E-state index contributed by atoms with van der Waals surface area (Å²) in [5, 5.41) is 5.16. The minimum atomic E-state index is -3.86. The van der Waals surface area contributed by atoms with Gasteiger partial charge < -0.3 is 9.53 Å². The molecule has 1 atom stereocenters. The fraction of sp³-hybridized carbons (Fsp3) is 0.0455. The fourth-order valence-corrected chi connectivity index (χ4v) is 3.93. The molecule has 3 aromatic rings. The van der Waals surface area contributed by atoms with Crippen molar-refractivity contribution in [2.45, 2.75) is 10.8 Å². The summed E-state index contributed by atoms with van der Waals surface area (Å²) in [6.45, 7) is 0. The molecule has 4 rings (SSSR count). The van der Waals surface area contributed by atoms with Gasteiger partial charge in [0.1, 0.15) is 23.6 Å². The highest BCUT2D eigenvalue weighted by atomic mass is 32.2. The molecule has 0 radical (unpaired) electrons. The van der Waals surface area contributed by atoms with Gasteiger partial charge in [0.25, 0.3) is 0 Å². The Labute approximate surface area is 167 Å². The van der Waals surface area contributed by atoms with Crippen molar-refractivity contribution in [1.29, 1.82) is 0 Å². The molecule has 1 heterocycles. The number of sulfonamides is 1. The summed E-state index contributed by atoms with van der Waals surface area (Å²) in [7, 11) is -3.86. The van der Waals surface area contributed by atoms with Crippen molar-refractivity contribution in [3.05, 3.63) is 95.3 Å². The largest absolute Gasteiger partial charge is 0.456 e. The van der Waals surface area contributed by atoms with Crippen molar-refractivity contribution in [3.63, 3.8) is 0 Å². The van der Waals surface area contributed by atoms with Gasteiger partial charge in [-0.05, 0) is 36.4 Å². The number of carbonyl (C=O) groups excluding carboxylic acids is 1. The first kappa shape index (κ1) is 19.0. The molecule has 0 aliphatic carbocycles. The summed E-state index contributed by atoms with van der Waals surface area (Å²) in [5.41, 5.74) is 1.74. The van der Waals surface area contributed by atoms with E-state index in [9.17, 15) is 17.6 Å². The maximum Gasteiger partial charge on any atom is 0.238 e. The van der Waals surface area contributed by atoms with Crippen LogP contribution in [0.1, 0.15) is 22.6 Å². The number of nitrogens with two attached hydrogens (primary N) is 1. The van der Waals surface area contributed by atoms with Gasteiger partial charge in [-0.1, -0.05) is 36.4 Å². The number of allylic oxidation sites excluding steroid dienone is 1. The van der Waals surface area contributed by atoms with Crippen molar-refractivity contribution >= 4 is 27.6 Å². The molecule has 1 unspecified atom stereocenters. The molecule has 0 fully saturated rings. The summed E-state index contributed by atoms with van der Waals surface area (Å²) in [6, 6.07) is 18.9. The quantitative estimate of drug-likeness (QED) is 0.666. The van der Waals surface area contributed by atoms with E-state index in [4.69, 9.17) is 9.88 Å². The van der Waals surface area contributed by atoms with Gasteiger partial charge in [-0.25, -0.2) is 17.9 Å². The first-order chi connectivity index (χ1) is 13.9. The first-order valence-electron chi connectivity index (χ1n) is 8.74. The van der Waals surface area contributed by atoms with Gasteiger partial charge in [-0.3, -0.25) is 0 Å². The number of halogens is 1. The molecular formula is C22H16FNO4S. The van der Waals surface area contributed by atoms with Gasteiger partial charge in [-0.15, -0.1) is 0 Å². The molecule has 5 nitrogen and oxygen atoms in total. The summed E-state index contributed by atoms with van der Waals surface area (Å²) >= 11 is 0. The Bertz CT molecular complexity index is 1230. The van der Waals surface area contributed by atoms with E-state index in [-0.39, 0.29) is 16.2 Å². The molecule has 2 N–H and O–H groups in total. The molecule has 0 spiro atoms. The van der Waals surface area contributed by atoms with Gasteiger partial charge in [-0.2, -0.15) is 0 Å². The highest BCUT2D eigenvalue weighted by molar-refractivity contribution is 7.89. The number of carbonyl (C=O) groups is 1. The standard InChI is InChI=1S/C22H16FNO4S/c23-19-7-3-1-6-17(19)21-18(13-25)16-5-2-4-8-20(16)28-22(21)14-9-11-15(12-10-14)29(24,26)27/h1-13,18H,(H2,24,26,27). The number of fused-ring (bicyclic) bond motifs is 1. The number of hydrogen-bond donors (Lipinski definition) is 1. The van der Waals surface area contributed by atoms with Crippen LogP contribution in [-0.2, 0) is 14.8 Å². The Hall–Kier alpha value is -3.29. The summed E-state index contributed by atoms with van der Waals surface area (Å²) in [5.74, 6) is -0.470. The zero-order valence-corrected chi connectivity index (χ0v) is 15.9. The van der Waals surface area contributed by atoms with E-state index < -0.39 is 21.8 Å². The van der Waals surface area contributed by atoms with Crippen LogP contribution in [0.4, 0.5) is 4.39 Å². The third-order valence-electron chi connectivity index (χ3n) is 4.77. The Morgan fingerprint density at radius 3 is 2.24 bits per heavy atom. The van der Waals surface area contributed by atoms with Crippen molar-refractivity contribution in [3.8, 4) is 5.75 Å². The van der Waals surface area contributed by atoms with Gasteiger partial charge in [0, 0.05) is 22.3 Å². The van der Waals surface area contributed by atoms with Gasteiger partial charge >= 0.3 is 0 Å². The highest BCUT2D eigenvalue weighted by Gasteiger charge is 2.32.